The van der Waals surface area contributed by atoms with Gasteiger partial charge in [0, 0.05) is 17.1 Å². The molecule has 5 nitrogen and oxygen atoms in total. The van der Waals surface area contributed by atoms with Crippen molar-refractivity contribution in [3.8, 4) is 5.75 Å². The van der Waals surface area contributed by atoms with Crippen molar-refractivity contribution in [2.45, 2.75) is 25.6 Å². The number of amides is 1. The molecule has 2 heterocycles. The van der Waals surface area contributed by atoms with Crippen LogP contribution in [0.1, 0.15) is 24.0 Å². The Morgan fingerprint density at radius 3 is 2.74 bits per heavy atom. The van der Waals surface area contributed by atoms with Gasteiger partial charge in [0.2, 0.25) is 0 Å². The van der Waals surface area contributed by atoms with Gasteiger partial charge in [-0.15, -0.1) is 0 Å². The number of anilines is 1. The van der Waals surface area contributed by atoms with Crippen LogP contribution in [0.15, 0.2) is 42.5 Å². The van der Waals surface area contributed by atoms with Gasteiger partial charge in [0.05, 0.1) is 25.5 Å². The number of nitrogens with zero attached hydrogens (tertiary/aromatic N) is 1. The molecule has 0 atom stereocenters. The molecule has 2 aromatic carbocycles. The maximum atomic E-state index is 13.2. The van der Waals surface area contributed by atoms with Crippen LogP contribution >= 0.6 is 11.6 Å². The molecule has 142 valence electrons. The van der Waals surface area contributed by atoms with Crippen molar-refractivity contribution in [1.82, 2.24) is 0 Å². The van der Waals surface area contributed by atoms with Crippen LogP contribution in [0.25, 0.3) is 0 Å². The highest BCUT2D eigenvalue weighted by Gasteiger charge is 2.54. The van der Waals surface area contributed by atoms with E-state index in [-0.39, 0.29) is 5.91 Å². The van der Waals surface area contributed by atoms with Crippen LogP contribution in [-0.2, 0) is 20.1 Å². The lowest BCUT2D eigenvalue weighted by atomic mass is 10.1. The van der Waals surface area contributed by atoms with E-state index in [0.29, 0.717) is 43.4 Å². The number of hydrogen-bond donors (Lipinski definition) is 0. The van der Waals surface area contributed by atoms with Crippen LogP contribution < -0.4 is 9.64 Å². The Morgan fingerprint density at radius 1 is 1.19 bits per heavy atom. The Kier molecular flexibility index (Phi) is 5.08. The van der Waals surface area contributed by atoms with Crippen LogP contribution in [0.5, 0.6) is 5.75 Å². The topological polar surface area (TPSA) is 48.0 Å². The van der Waals surface area contributed by atoms with Gasteiger partial charge in [-0.2, -0.15) is 0 Å². The van der Waals surface area contributed by atoms with Crippen molar-refractivity contribution in [1.29, 1.82) is 0 Å². The number of aryl methyl sites for hydroxylation is 1. The summed E-state index contributed by atoms with van der Waals surface area (Å²) >= 11 is 6.17. The maximum Gasteiger partial charge on any atom is 0.292 e. The Labute approximate surface area is 163 Å². The lowest BCUT2D eigenvalue weighted by molar-refractivity contribution is -0.256. The van der Waals surface area contributed by atoms with Crippen molar-refractivity contribution < 1.29 is 19.0 Å². The lowest BCUT2D eigenvalue weighted by Crippen LogP contribution is -2.47. The normalized spacial score (nSPS) is 18.0. The summed E-state index contributed by atoms with van der Waals surface area (Å²) in [6.07, 6.45) is 1.47. The highest BCUT2D eigenvalue weighted by atomic mass is 35.5. The molecule has 6 heteroatoms. The van der Waals surface area contributed by atoms with E-state index in [1.165, 1.54) is 0 Å². The molecule has 0 saturated carbocycles. The van der Waals surface area contributed by atoms with E-state index in [4.69, 9.17) is 25.8 Å². The molecule has 0 radical (unpaired) electrons. The molecular weight excluding hydrogens is 366 g/mol. The van der Waals surface area contributed by atoms with Gasteiger partial charge in [-0.05, 0) is 49.6 Å². The Bertz CT molecular complexity index is 848. The first-order chi connectivity index (χ1) is 13.1. The molecule has 0 aliphatic carbocycles. The standard InChI is InChI=1S/C21H22ClNO4/c1-15-6-2-3-7-19(15)25-11-4-10-23-18-9-8-16(22)14-17(18)21(20(23)24)26-12-5-13-27-21/h2-3,6-9,14H,4-5,10-13H2,1H3. The number of hydrogen-bond acceptors (Lipinski definition) is 4. The number of benzene rings is 2. The van der Waals surface area contributed by atoms with Crippen molar-refractivity contribution in [2.24, 2.45) is 0 Å². The van der Waals surface area contributed by atoms with E-state index in [0.717, 1.165) is 23.4 Å². The smallest absolute Gasteiger partial charge is 0.292 e. The molecule has 1 fully saturated rings. The molecule has 2 aliphatic heterocycles. The molecule has 27 heavy (non-hydrogen) atoms. The maximum absolute atomic E-state index is 13.2. The average Bonchev–Trinajstić information content (AvgIpc) is 2.89. The minimum atomic E-state index is -1.35. The molecule has 0 N–H and O–H groups in total. The molecule has 1 spiro atoms. The van der Waals surface area contributed by atoms with Gasteiger partial charge in [0.15, 0.2) is 0 Å². The second-order valence-electron chi connectivity index (χ2n) is 6.75. The Balaban J connectivity index is 1.48. The summed E-state index contributed by atoms with van der Waals surface area (Å²) in [5.74, 6) is -0.668. The van der Waals surface area contributed by atoms with Gasteiger partial charge in [-0.3, -0.25) is 4.79 Å². The fourth-order valence-electron chi connectivity index (χ4n) is 3.57. The first kappa shape index (κ1) is 18.3. The highest BCUT2D eigenvalue weighted by Crippen LogP contribution is 2.46. The van der Waals surface area contributed by atoms with Crippen molar-refractivity contribution in [2.75, 3.05) is 31.3 Å². The number of halogens is 1. The molecule has 0 bridgehead atoms. The van der Waals surface area contributed by atoms with E-state index in [1.54, 1.807) is 17.0 Å². The van der Waals surface area contributed by atoms with Crippen LogP contribution in [0.4, 0.5) is 5.69 Å². The zero-order chi connectivity index (χ0) is 18.9. The van der Waals surface area contributed by atoms with E-state index in [9.17, 15) is 4.79 Å². The van der Waals surface area contributed by atoms with E-state index >= 15 is 0 Å². The first-order valence-electron chi connectivity index (χ1n) is 9.20. The number of carbonyl (C=O) groups excluding carboxylic acids is 1. The third-order valence-electron chi connectivity index (χ3n) is 4.91. The van der Waals surface area contributed by atoms with Gasteiger partial charge in [-0.25, -0.2) is 0 Å². The van der Waals surface area contributed by atoms with Gasteiger partial charge in [0.25, 0.3) is 11.7 Å². The molecule has 2 aromatic rings. The largest absolute Gasteiger partial charge is 0.493 e. The summed E-state index contributed by atoms with van der Waals surface area (Å²) in [4.78, 5) is 14.9. The number of ether oxygens (including phenoxy) is 3. The average molecular weight is 388 g/mol. The summed E-state index contributed by atoms with van der Waals surface area (Å²) in [5.41, 5.74) is 2.58. The van der Waals surface area contributed by atoms with Gasteiger partial charge >= 0.3 is 0 Å². The quantitative estimate of drug-likeness (QED) is 0.726. The fourth-order valence-corrected chi connectivity index (χ4v) is 3.74. The van der Waals surface area contributed by atoms with Crippen LogP contribution in [0.3, 0.4) is 0 Å². The Hall–Kier alpha value is -2.08. The van der Waals surface area contributed by atoms with Gasteiger partial charge < -0.3 is 19.1 Å². The lowest BCUT2D eigenvalue weighted by Gasteiger charge is -2.32. The van der Waals surface area contributed by atoms with Crippen LogP contribution in [0, 0.1) is 6.92 Å². The summed E-state index contributed by atoms with van der Waals surface area (Å²) < 4.78 is 17.5. The zero-order valence-corrected chi connectivity index (χ0v) is 16.0. The van der Waals surface area contributed by atoms with E-state index in [1.807, 2.05) is 37.3 Å². The van der Waals surface area contributed by atoms with Crippen LogP contribution in [0.2, 0.25) is 5.02 Å². The minimum absolute atomic E-state index is 0.185. The van der Waals surface area contributed by atoms with Gasteiger partial charge in [-0.1, -0.05) is 29.8 Å². The van der Waals surface area contributed by atoms with E-state index < -0.39 is 5.79 Å². The first-order valence-corrected chi connectivity index (χ1v) is 9.58. The van der Waals surface area contributed by atoms with E-state index in [2.05, 4.69) is 0 Å². The summed E-state index contributed by atoms with van der Waals surface area (Å²) in [5, 5.41) is 0.559. The molecule has 2 aliphatic rings. The number of carbonyl (C=O) groups is 1. The molecule has 0 unspecified atom stereocenters. The monoisotopic (exact) mass is 387 g/mol. The van der Waals surface area contributed by atoms with Crippen LogP contribution in [-0.4, -0.2) is 32.3 Å². The van der Waals surface area contributed by atoms with Crippen molar-refractivity contribution >= 4 is 23.2 Å². The minimum Gasteiger partial charge on any atom is -0.493 e. The molecule has 4 rings (SSSR count). The van der Waals surface area contributed by atoms with Gasteiger partial charge in [0.1, 0.15) is 5.75 Å². The van der Waals surface area contributed by atoms with Crippen molar-refractivity contribution in [3.05, 3.63) is 58.6 Å². The highest BCUT2D eigenvalue weighted by molar-refractivity contribution is 6.31. The predicted molar refractivity (Wildman–Crippen MR) is 103 cm³/mol. The molecule has 1 saturated heterocycles. The third-order valence-corrected chi connectivity index (χ3v) is 5.14. The number of fused-ring (bicyclic) bond motifs is 2. The Morgan fingerprint density at radius 2 is 1.96 bits per heavy atom. The molecule has 0 aromatic heterocycles. The second kappa shape index (κ2) is 7.50. The molecule has 1 amide bonds. The van der Waals surface area contributed by atoms with Crippen molar-refractivity contribution in [3.63, 3.8) is 0 Å². The second-order valence-corrected chi connectivity index (χ2v) is 7.19. The number of para-hydroxylation sites is 1. The number of rotatable bonds is 5. The molecular formula is C21H22ClNO4. The SMILES string of the molecule is Cc1ccccc1OCCCN1C(=O)C2(OCCCO2)c2cc(Cl)ccc21. The predicted octanol–water partition coefficient (Wildman–Crippen LogP) is 4.05. The third kappa shape index (κ3) is 3.31. The summed E-state index contributed by atoms with van der Waals surface area (Å²) in [7, 11) is 0. The fraction of sp³-hybridized carbons (Fsp3) is 0.381. The summed E-state index contributed by atoms with van der Waals surface area (Å²) in [6, 6.07) is 13.3. The summed E-state index contributed by atoms with van der Waals surface area (Å²) in [6.45, 7) is 4.03. The zero-order valence-electron chi connectivity index (χ0n) is 15.2.